The van der Waals surface area contributed by atoms with E-state index in [1.165, 1.54) is 18.3 Å². The maximum Gasteiger partial charge on any atom is 0.161 e. The first-order chi connectivity index (χ1) is 12.3. The van der Waals surface area contributed by atoms with E-state index in [-0.39, 0.29) is 23.7 Å². The summed E-state index contributed by atoms with van der Waals surface area (Å²) in [6.07, 6.45) is -1.55. The first-order valence-corrected chi connectivity index (χ1v) is 9.26. The Hall–Kier alpha value is -2.15. The second-order valence-corrected chi connectivity index (χ2v) is 7.58. The molecule has 0 radical (unpaired) electrons. The Morgan fingerprint density at radius 3 is 2.77 bits per heavy atom. The van der Waals surface area contributed by atoms with Crippen LogP contribution in [0.15, 0.2) is 36.4 Å². The van der Waals surface area contributed by atoms with Crippen LogP contribution in [0, 0.1) is 0 Å². The minimum Gasteiger partial charge on any atom is -0.504 e. The minimum absolute atomic E-state index is 0.00821. The molecule has 0 saturated carbocycles. The number of ketones is 1. The molecule has 1 heterocycles. The molecule has 7 heteroatoms. The smallest absolute Gasteiger partial charge is 0.161 e. The van der Waals surface area contributed by atoms with Crippen molar-refractivity contribution >= 4 is 38.9 Å². The standard InChI is InChI=1S/C19H18ClNO4S/c1-10(22)7-15(23)11(2)25-17-6-3-12(8-16(17)24)19-21-14-5-4-13(20)9-18(14)26-19/h3-6,8-9,11,15,23-24H,7H2,1-2H3. The van der Waals surface area contributed by atoms with Crippen molar-refractivity contribution in [2.24, 2.45) is 0 Å². The number of Topliss-reactive ketones (excluding diaryl/α,β-unsaturated/α-hetero) is 1. The second kappa shape index (κ2) is 7.61. The molecule has 0 spiro atoms. The number of aromatic hydroxyl groups is 1. The van der Waals surface area contributed by atoms with Crippen LogP contribution in [0.3, 0.4) is 0 Å². The Morgan fingerprint density at radius 2 is 2.08 bits per heavy atom. The summed E-state index contributed by atoms with van der Waals surface area (Å²) in [5.74, 6) is 0.0677. The molecule has 3 rings (SSSR count). The van der Waals surface area contributed by atoms with Gasteiger partial charge in [-0.25, -0.2) is 4.98 Å². The van der Waals surface area contributed by atoms with Crippen LogP contribution in [0.1, 0.15) is 20.3 Å². The summed E-state index contributed by atoms with van der Waals surface area (Å²) in [7, 11) is 0. The van der Waals surface area contributed by atoms with Gasteiger partial charge in [0, 0.05) is 17.0 Å². The average Bonchev–Trinajstić information content (AvgIpc) is 2.99. The van der Waals surface area contributed by atoms with Crippen molar-refractivity contribution in [3.63, 3.8) is 0 Å². The molecule has 5 nitrogen and oxygen atoms in total. The van der Waals surface area contributed by atoms with E-state index >= 15 is 0 Å². The number of benzene rings is 2. The summed E-state index contributed by atoms with van der Waals surface area (Å²) >= 11 is 7.49. The van der Waals surface area contributed by atoms with Crippen LogP contribution in [-0.2, 0) is 4.79 Å². The monoisotopic (exact) mass is 391 g/mol. The number of nitrogens with zero attached hydrogens (tertiary/aromatic N) is 1. The van der Waals surface area contributed by atoms with Gasteiger partial charge in [0.15, 0.2) is 11.5 Å². The van der Waals surface area contributed by atoms with E-state index in [2.05, 4.69) is 4.98 Å². The van der Waals surface area contributed by atoms with Gasteiger partial charge in [-0.05, 0) is 50.2 Å². The van der Waals surface area contributed by atoms with E-state index in [4.69, 9.17) is 16.3 Å². The molecule has 26 heavy (non-hydrogen) atoms. The number of aromatic nitrogens is 1. The lowest BCUT2D eigenvalue weighted by atomic mass is 10.1. The number of phenols is 1. The Labute approximate surface area is 159 Å². The molecule has 0 aliphatic heterocycles. The number of carbonyl (C=O) groups is 1. The van der Waals surface area contributed by atoms with Crippen molar-refractivity contribution in [3.05, 3.63) is 41.4 Å². The van der Waals surface area contributed by atoms with E-state index < -0.39 is 12.2 Å². The van der Waals surface area contributed by atoms with Gasteiger partial charge in [0.25, 0.3) is 0 Å². The molecule has 2 atom stereocenters. The van der Waals surface area contributed by atoms with Crippen molar-refractivity contribution < 1.29 is 19.7 Å². The molecule has 0 aliphatic rings. The highest BCUT2D eigenvalue weighted by Gasteiger charge is 2.19. The maximum atomic E-state index is 11.1. The highest BCUT2D eigenvalue weighted by atomic mass is 35.5. The van der Waals surface area contributed by atoms with Gasteiger partial charge >= 0.3 is 0 Å². The molecule has 0 bridgehead atoms. The fourth-order valence-electron chi connectivity index (χ4n) is 2.51. The number of ether oxygens (including phenoxy) is 1. The van der Waals surface area contributed by atoms with Crippen LogP contribution in [0.2, 0.25) is 5.02 Å². The number of phenolic OH excluding ortho intramolecular Hbond substituents is 1. The third kappa shape index (κ3) is 4.15. The number of aliphatic hydroxyl groups is 1. The summed E-state index contributed by atoms with van der Waals surface area (Å²) in [4.78, 5) is 15.6. The molecule has 2 unspecified atom stereocenters. The largest absolute Gasteiger partial charge is 0.504 e. The van der Waals surface area contributed by atoms with Crippen molar-refractivity contribution in [1.29, 1.82) is 0 Å². The SMILES string of the molecule is CC(=O)CC(O)C(C)Oc1ccc(-c2nc3ccc(Cl)cc3s2)cc1O. The summed E-state index contributed by atoms with van der Waals surface area (Å²) < 4.78 is 6.55. The number of thiazole rings is 1. The molecule has 2 N–H and O–H groups in total. The zero-order valence-electron chi connectivity index (χ0n) is 14.3. The Morgan fingerprint density at radius 1 is 1.31 bits per heavy atom. The fourth-order valence-corrected chi connectivity index (χ4v) is 3.75. The predicted molar refractivity (Wildman–Crippen MR) is 103 cm³/mol. The van der Waals surface area contributed by atoms with Gasteiger partial charge in [-0.15, -0.1) is 11.3 Å². The zero-order chi connectivity index (χ0) is 18.8. The zero-order valence-corrected chi connectivity index (χ0v) is 15.8. The molecule has 0 saturated heterocycles. The van der Waals surface area contributed by atoms with Crippen LogP contribution in [0.4, 0.5) is 0 Å². The molecule has 3 aromatic rings. The first-order valence-electron chi connectivity index (χ1n) is 8.07. The van der Waals surface area contributed by atoms with Crippen molar-refractivity contribution in [1.82, 2.24) is 4.98 Å². The van der Waals surface area contributed by atoms with E-state index in [0.29, 0.717) is 5.02 Å². The molecule has 0 aliphatic carbocycles. The van der Waals surface area contributed by atoms with Gasteiger partial charge in [-0.1, -0.05) is 11.6 Å². The number of hydrogen-bond donors (Lipinski definition) is 2. The Bertz CT molecular complexity index is 956. The van der Waals surface area contributed by atoms with E-state index in [1.807, 2.05) is 12.1 Å². The minimum atomic E-state index is -0.930. The number of hydrogen-bond acceptors (Lipinski definition) is 6. The number of fused-ring (bicyclic) bond motifs is 1. The fraction of sp³-hybridized carbons (Fsp3) is 0.263. The molecule has 1 aromatic heterocycles. The highest BCUT2D eigenvalue weighted by Crippen LogP contribution is 2.36. The maximum absolute atomic E-state index is 11.1. The number of halogens is 1. The molecule has 0 fully saturated rings. The number of carbonyl (C=O) groups excluding carboxylic acids is 1. The van der Waals surface area contributed by atoms with Crippen LogP contribution < -0.4 is 4.74 Å². The molecule has 0 amide bonds. The lowest BCUT2D eigenvalue weighted by Gasteiger charge is -2.20. The third-order valence-electron chi connectivity index (χ3n) is 3.91. The van der Waals surface area contributed by atoms with Crippen molar-refractivity contribution in [2.75, 3.05) is 0 Å². The second-order valence-electron chi connectivity index (χ2n) is 6.11. The molecule has 2 aromatic carbocycles. The Kier molecular flexibility index (Phi) is 5.46. The Balaban J connectivity index is 1.81. The third-order valence-corrected chi connectivity index (χ3v) is 5.21. The van der Waals surface area contributed by atoms with Gasteiger partial charge in [0.1, 0.15) is 16.9 Å². The lowest BCUT2D eigenvalue weighted by molar-refractivity contribution is -0.120. The van der Waals surface area contributed by atoms with Gasteiger partial charge in [-0.3, -0.25) is 4.79 Å². The first kappa shape index (κ1) is 18.6. The lowest BCUT2D eigenvalue weighted by Crippen LogP contribution is -2.30. The normalized spacial score (nSPS) is 13.5. The molecular weight excluding hydrogens is 374 g/mol. The molecular formula is C19H18ClNO4S. The van der Waals surface area contributed by atoms with Crippen LogP contribution in [0.5, 0.6) is 11.5 Å². The summed E-state index contributed by atoms with van der Waals surface area (Å²) in [5.41, 5.74) is 1.60. The predicted octanol–water partition coefficient (Wildman–Crippen LogP) is 4.43. The summed E-state index contributed by atoms with van der Waals surface area (Å²) in [6.45, 7) is 3.06. The summed E-state index contributed by atoms with van der Waals surface area (Å²) in [5, 5.41) is 21.6. The van der Waals surface area contributed by atoms with Crippen LogP contribution in [0.25, 0.3) is 20.8 Å². The van der Waals surface area contributed by atoms with Crippen molar-refractivity contribution in [3.8, 4) is 22.1 Å². The van der Waals surface area contributed by atoms with Gasteiger partial charge in [0.05, 0.1) is 16.3 Å². The van der Waals surface area contributed by atoms with Crippen LogP contribution in [-0.4, -0.2) is 33.2 Å². The molecule has 136 valence electrons. The summed E-state index contributed by atoms with van der Waals surface area (Å²) in [6, 6.07) is 10.5. The van der Waals surface area contributed by atoms with Gasteiger partial charge < -0.3 is 14.9 Å². The topological polar surface area (TPSA) is 79.7 Å². The quantitative estimate of drug-likeness (QED) is 0.649. The van der Waals surface area contributed by atoms with Gasteiger partial charge in [-0.2, -0.15) is 0 Å². The van der Waals surface area contributed by atoms with E-state index in [0.717, 1.165) is 20.8 Å². The average molecular weight is 392 g/mol. The van der Waals surface area contributed by atoms with E-state index in [1.54, 1.807) is 31.2 Å². The van der Waals surface area contributed by atoms with E-state index in [9.17, 15) is 15.0 Å². The number of aliphatic hydroxyl groups excluding tert-OH is 1. The van der Waals surface area contributed by atoms with Crippen molar-refractivity contribution in [2.45, 2.75) is 32.5 Å². The number of rotatable bonds is 6. The van der Waals surface area contributed by atoms with Crippen LogP contribution >= 0.6 is 22.9 Å². The highest BCUT2D eigenvalue weighted by molar-refractivity contribution is 7.21. The van der Waals surface area contributed by atoms with Gasteiger partial charge in [0.2, 0.25) is 0 Å².